The Morgan fingerprint density at radius 2 is 0.857 bits per heavy atom. The summed E-state index contributed by atoms with van der Waals surface area (Å²) in [6.45, 7) is 0. The van der Waals surface area contributed by atoms with E-state index in [-0.39, 0.29) is 58.9 Å². The molecule has 0 rings (SSSR count). The fourth-order valence-electron chi connectivity index (χ4n) is 0. The van der Waals surface area contributed by atoms with Crippen LogP contribution in [-0.4, -0.2) is 14.8 Å². The molecule has 0 aromatic carbocycles. The Labute approximate surface area is 90.2 Å². The van der Waals surface area contributed by atoms with Crippen molar-refractivity contribution in [2.75, 3.05) is 0 Å². The Kier molecular flexibility index (Phi) is 15.5. The van der Waals surface area contributed by atoms with Gasteiger partial charge in [0.25, 0.3) is 0 Å². The molecule has 0 amide bonds. The zero-order valence-electron chi connectivity index (χ0n) is 3.37. The summed E-state index contributed by atoms with van der Waals surface area (Å²) in [6.07, 6.45) is 0. The molecule has 0 aromatic heterocycles. The van der Waals surface area contributed by atoms with E-state index < -0.39 is 18.1 Å². The van der Waals surface area contributed by atoms with Gasteiger partial charge in [0.05, 0.1) is 0 Å². The van der Waals surface area contributed by atoms with Crippen molar-refractivity contribution in [2.24, 2.45) is 0 Å². The summed E-state index contributed by atoms with van der Waals surface area (Å²) in [6, 6.07) is 0. The largest absolute Gasteiger partial charge is 0 e. The summed E-state index contributed by atoms with van der Waals surface area (Å²) in [5, 5.41) is 0. The summed E-state index contributed by atoms with van der Waals surface area (Å²) in [5.74, 6) is 0. The van der Waals surface area contributed by atoms with E-state index >= 15 is 0 Å². The van der Waals surface area contributed by atoms with Crippen LogP contribution < -0.4 is 0 Å². The van der Waals surface area contributed by atoms with Crippen LogP contribution in [0.5, 0.6) is 0 Å². The Bertz CT molecular complexity index is 27.2. The van der Waals surface area contributed by atoms with E-state index in [1.807, 2.05) is 0 Å². The molecule has 4 N–H and O–H groups in total. The molecule has 4 nitrogen and oxygen atoms in total. The third-order valence-electron chi connectivity index (χ3n) is 0. The van der Waals surface area contributed by atoms with Crippen LogP contribution in [0.15, 0.2) is 0 Å². The normalized spacial score (nSPS) is 8.57. The summed E-state index contributed by atoms with van der Waals surface area (Å²) in [5.41, 5.74) is 0. The Balaban J connectivity index is -0.0000000800. The van der Waals surface area contributed by atoms with Crippen molar-refractivity contribution in [1.82, 2.24) is 0 Å². The van der Waals surface area contributed by atoms with Crippen molar-refractivity contribution in [3.8, 4) is 0 Å². The van der Waals surface area contributed by atoms with E-state index in [0.717, 1.165) is 0 Å². The first-order chi connectivity index (χ1) is 2.00. The van der Waals surface area contributed by atoms with Gasteiger partial charge in [0.15, 0.2) is 0 Å². The van der Waals surface area contributed by atoms with Crippen molar-refractivity contribution in [3.63, 3.8) is 0 Å². The van der Waals surface area contributed by atoms with Crippen LogP contribution >= 0.6 is 0 Å². The molecule has 0 aromatic rings. The zero-order chi connectivity index (χ0) is 4.50. The van der Waals surface area contributed by atoms with Crippen LogP contribution in [0.25, 0.3) is 0 Å². The van der Waals surface area contributed by atoms with Crippen LogP contribution in [0.2, 0.25) is 0 Å². The SMILES string of the molecule is [OH][Ti]([OH])([OH])[OH].[Y].[Zr]. The van der Waals surface area contributed by atoms with Crippen molar-refractivity contribution in [1.29, 1.82) is 0 Å². The molecule has 0 heterocycles. The minimum Gasteiger partial charge on any atom is 0 e. The smallest absolute Gasteiger partial charge is 0 e. The summed E-state index contributed by atoms with van der Waals surface area (Å²) in [7, 11) is 0. The molecule has 7 heteroatoms. The molecule has 0 fully saturated rings. The van der Waals surface area contributed by atoms with Gasteiger partial charge in [-0.25, -0.2) is 0 Å². The van der Waals surface area contributed by atoms with Crippen LogP contribution in [0.1, 0.15) is 0 Å². The minimum absolute atomic E-state index is 0. The topological polar surface area (TPSA) is 80.9 Å². The molecule has 0 atom stereocenters. The minimum atomic E-state index is -5.00. The maximum atomic E-state index is 7.38. The fraction of sp³-hybridized carbons (Fsp3) is 0. The fourth-order valence-corrected chi connectivity index (χ4v) is 0. The van der Waals surface area contributed by atoms with Gasteiger partial charge in [-0.1, -0.05) is 0 Å². The average Bonchev–Trinajstić information content (AvgIpc) is 0.722. The molecule has 0 saturated carbocycles. The van der Waals surface area contributed by atoms with Crippen molar-refractivity contribution in [3.05, 3.63) is 0 Å². The summed E-state index contributed by atoms with van der Waals surface area (Å²) >= 11 is -5.00. The van der Waals surface area contributed by atoms with Crippen molar-refractivity contribution >= 4 is 0 Å². The molecule has 0 unspecified atom stereocenters. The van der Waals surface area contributed by atoms with Gasteiger partial charge in [-0.05, 0) is 0 Å². The monoisotopic (exact) mass is 295 g/mol. The molecule has 1 radical (unpaired) electrons. The van der Waals surface area contributed by atoms with Crippen LogP contribution in [0, 0.1) is 0 Å². The molecular formula is H4O4TiYZr. The molecule has 0 aliphatic heterocycles. The van der Waals surface area contributed by atoms with Crippen LogP contribution in [0.3, 0.4) is 0 Å². The summed E-state index contributed by atoms with van der Waals surface area (Å²) < 4.78 is 29.5. The van der Waals surface area contributed by atoms with E-state index in [0.29, 0.717) is 0 Å². The van der Waals surface area contributed by atoms with Crippen molar-refractivity contribution in [2.45, 2.75) is 0 Å². The van der Waals surface area contributed by atoms with E-state index in [2.05, 4.69) is 0 Å². The van der Waals surface area contributed by atoms with E-state index in [4.69, 9.17) is 14.8 Å². The Morgan fingerprint density at radius 1 is 0.857 bits per heavy atom. The van der Waals surface area contributed by atoms with E-state index in [1.54, 1.807) is 0 Å². The standard InChI is InChI=1S/4H2O.Ti.Y.Zr/h4*1H2;;;/q;;;;+4;;/p-4. The van der Waals surface area contributed by atoms with Gasteiger partial charge in [0.1, 0.15) is 0 Å². The third-order valence-corrected chi connectivity index (χ3v) is 0. The molecule has 0 aliphatic carbocycles. The first-order valence-corrected chi connectivity index (χ1v) is 3.69. The second kappa shape index (κ2) is 6.66. The third kappa shape index (κ3) is 56.6. The second-order valence-corrected chi connectivity index (χ2v) is 2.47. The Morgan fingerprint density at radius 3 is 0.857 bits per heavy atom. The van der Waals surface area contributed by atoms with Gasteiger partial charge < -0.3 is 0 Å². The number of hydrogen-bond acceptors (Lipinski definition) is 4. The second-order valence-electron chi connectivity index (χ2n) is 0.600. The van der Waals surface area contributed by atoms with Gasteiger partial charge >= 0.3 is 32.9 Å². The van der Waals surface area contributed by atoms with Crippen LogP contribution in [-0.2, 0) is 77.1 Å². The first kappa shape index (κ1) is 16.3. The first-order valence-electron chi connectivity index (χ1n) is 0.894. The molecule has 39 valence electrons. The number of hydrogen-bond donors (Lipinski definition) is 4. The molecule has 0 saturated heterocycles. The van der Waals surface area contributed by atoms with E-state index in [9.17, 15) is 0 Å². The Hall–Kier alpha value is 2.54. The van der Waals surface area contributed by atoms with Gasteiger partial charge in [-0.15, -0.1) is 0 Å². The van der Waals surface area contributed by atoms with Crippen LogP contribution in [0.4, 0.5) is 0 Å². The molecular weight excluding hydrogens is 292 g/mol. The predicted molar refractivity (Wildman–Crippen MR) is 8.88 cm³/mol. The van der Waals surface area contributed by atoms with Gasteiger partial charge in [-0.2, -0.15) is 0 Å². The maximum Gasteiger partial charge on any atom is 0 e. The predicted octanol–water partition coefficient (Wildman–Crippen LogP) is -2.24. The van der Waals surface area contributed by atoms with Gasteiger partial charge in [0, 0.05) is 58.9 Å². The molecule has 0 bridgehead atoms. The van der Waals surface area contributed by atoms with Gasteiger partial charge in [-0.3, -0.25) is 0 Å². The summed E-state index contributed by atoms with van der Waals surface area (Å²) in [4.78, 5) is 0. The molecule has 0 spiro atoms. The molecule has 0 aliphatic rings. The maximum absolute atomic E-state index is 7.38. The van der Waals surface area contributed by atoms with E-state index in [1.165, 1.54) is 0 Å². The average molecular weight is 296 g/mol. The number of rotatable bonds is 0. The van der Waals surface area contributed by atoms with Crippen molar-refractivity contribution < 1.29 is 91.8 Å². The zero-order valence-corrected chi connectivity index (χ0v) is 10.2. The van der Waals surface area contributed by atoms with Gasteiger partial charge in [0.2, 0.25) is 0 Å². The molecule has 7 heavy (non-hydrogen) atoms. The quantitative estimate of drug-likeness (QED) is 0.381.